The lowest BCUT2D eigenvalue weighted by Gasteiger charge is -2.34. The van der Waals surface area contributed by atoms with Gasteiger partial charge in [0.25, 0.3) is 0 Å². The van der Waals surface area contributed by atoms with Crippen LogP contribution in [0.25, 0.3) is 55.0 Å². The summed E-state index contributed by atoms with van der Waals surface area (Å²) in [4.78, 5) is 4.82. The van der Waals surface area contributed by atoms with Gasteiger partial charge in [-0.3, -0.25) is 0 Å². The Morgan fingerprint density at radius 1 is 0.309 bits per heavy atom. The van der Waals surface area contributed by atoms with Gasteiger partial charge in [0.2, 0.25) is 0 Å². The predicted molar refractivity (Wildman–Crippen MR) is 231 cm³/mol. The Morgan fingerprint density at radius 2 is 0.818 bits per heavy atom. The molecule has 0 saturated carbocycles. The smallest absolute Gasteiger partial charge is 0.137 e. The molecule has 0 bridgehead atoms. The SMILES string of the molecule is c1ccc(-c2ccc(N(c3ccccc3)c3ccc4oc5ccc6ccccc6c5c4c3N(c3ccccc3)c3ccccc3-c3ccccc3)cc2)cc1. The van der Waals surface area contributed by atoms with Gasteiger partial charge >= 0.3 is 0 Å². The highest BCUT2D eigenvalue weighted by molar-refractivity contribution is 6.25. The highest BCUT2D eigenvalue weighted by atomic mass is 16.3. The molecule has 0 N–H and O–H groups in total. The molecule has 0 spiro atoms. The lowest BCUT2D eigenvalue weighted by Crippen LogP contribution is -2.18. The number of rotatable bonds is 8. The van der Waals surface area contributed by atoms with Crippen LogP contribution in [0.3, 0.4) is 0 Å². The van der Waals surface area contributed by atoms with Crippen molar-refractivity contribution in [3.63, 3.8) is 0 Å². The molecule has 0 atom stereocenters. The maximum atomic E-state index is 6.80. The van der Waals surface area contributed by atoms with Gasteiger partial charge in [0.1, 0.15) is 11.2 Å². The summed E-state index contributed by atoms with van der Waals surface area (Å²) in [5.41, 5.74) is 12.6. The van der Waals surface area contributed by atoms with Gasteiger partial charge in [-0.25, -0.2) is 0 Å². The molecule has 0 radical (unpaired) electrons. The van der Waals surface area contributed by atoms with Crippen LogP contribution in [0.2, 0.25) is 0 Å². The molecule has 3 heteroatoms. The summed E-state index contributed by atoms with van der Waals surface area (Å²) in [6.07, 6.45) is 0. The number of nitrogens with zero attached hydrogens (tertiary/aromatic N) is 2. The number of para-hydroxylation sites is 3. The van der Waals surface area contributed by atoms with E-state index >= 15 is 0 Å². The fourth-order valence-corrected chi connectivity index (χ4v) is 7.94. The first-order chi connectivity index (χ1) is 27.3. The molecular weight excluding hydrogens is 669 g/mol. The normalized spacial score (nSPS) is 11.3. The molecule has 55 heavy (non-hydrogen) atoms. The largest absolute Gasteiger partial charge is 0.456 e. The zero-order valence-electron chi connectivity index (χ0n) is 30.1. The zero-order chi connectivity index (χ0) is 36.6. The van der Waals surface area contributed by atoms with Crippen LogP contribution >= 0.6 is 0 Å². The van der Waals surface area contributed by atoms with Crippen LogP contribution in [0, 0.1) is 0 Å². The average Bonchev–Trinajstić information content (AvgIpc) is 3.66. The van der Waals surface area contributed by atoms with Crippen molar-refractivity contribution < 1.29 is 4.42 Å². The number of benzene rings is 9. The summed E-state index contributed by atoms with van der Waals surface area (Å²) in [5.74, 6) is 0. The van der Waals surface area contributed by atoms with Crippen LogP contribution in [0.15, 0.2) is 223 Å². The van der Waals surface area contributed by atoms with Crippen molar-refractivity contribution in [2.75, 3.05) is 9.80 Å². The van der Waals surface area contributed by atoms with Crippen molar-refractivity contribution in [2.24, 2.45) is 0 Å². The second-order valence-electron chi connectivity index (χ2n) is 13.7. The molecule has 10 aromatic rings. The highest BCUT2D eigenvalue weighted by Crippen LogP contribution is 2.53. The minimum atomic E-state index is 0.829. The average molecular weight is 705 g/mol. The van der Waals surface area contributed by atoms with E-state index in [1.54, 1.807) is 0 Å². The van der Waals surface area contributed by atoms with Gasteiger partial charge in [-0.15, -0.1) is 0 Å². The summed E-state index contributed by atoms with van der Waals surface area (Å²) < 4.78 is 6.80. The van der Waals surface area contributed by atoms with Crippen LogP contribution in [0.4, 0.5) is 34.1 Å². The Morgan fingerprint density at radius 3 is 1.53 bits per heavy atom. The van der Waals surface area contributed by atoms with E-state index in [1.165, 1.54) is 16.5 Å². The number of hydrogen-bond acceptors (Lipinski definition) is 3. The maximum Gasteiger partial charge on any atom is 0.137 e. The lowest BCUT2D eigenvalue weighted by atomic mass is 9.98. The van der Waals surface area contributed by atoms with Crippen molar-refractivity contribution in [3.05, 3.63) is 218 Å². The fourth-order valence-electron chi connectivity index (χ4n) is 7.94. The van der Waals surface area contributed by atoms with Gasteiger partial charge in [0, 0.05) is 28.0 Å². The quantitative estimate of drug-likeness (QED) is 0.157. The van der Waals surface area contributed by atoms with Gasteiger partial charge in [-0.2, -0.15) is 0 Å². The highest BCUT2D eigenvalue weighted by Gasteiger charge is 2.29. The Bertz CT molecular complexity index is 2900. The molecule has 260 valence electrons. The number of anilines is 6. The Labute approximate surface area is 320 Å². The van der Waals surface area contributed by atoms with Crippen molar-refractivity contribution in [3.8, 4) is 22.3 Å². The first-order valence-electron chi connectivity index (χ1n) is 18.7. The molecule has 10 rings (SSSR count). The molecule has 0 saturated heterocycles. The van der Waals surface area contributed by atoms with Crippen LogP contribution in [0.1, 0.15) is 0 Å². The van der Waals surface area contributed by atoms with Crippen LogP contribution in [-0.2, 0) is 0 Å². The van der Waals surface area contributed by atoms with Gasteiger partial charge in [0.05, 0.1) is 22.4 Å². The molecule has 0 aliphatic heterocycles. The molecule has 9 aromatic carbocycles. The minimum absolute atomic E-state index is 0.829. The van der Waals surface area contributed by atoms with Crippen LogP contribution in [0.5, 0.6) is 0 Å². The van der Waals surface area contributed by atoms with Gasteiger partial charge < -0.3 is 14.2 Å². The van der Waals surface area contributed by atoms with E-state index in [9.17, 15) is 0 Å². The molecule has 1 aromatic heterocycles. The zero-order valence-corrected chi connectivity index (χ0v) is 30.1. The van der Waals surface area contributed by atoms with E-state index in [1.807, 2.05) is 0 Å². The Balaban J connectivity index is 1.34. The third kappa shape index (κ3) is 5.80. The van der Waals surface area contributed by atoms with E-state index in [2.05, 4.69) is 228 Å². The predicted octanol–water partition coefficient (Wildman–Crippen LogP) is 15.0. The van der Waals surface area contributed by atoms with Crippen molar-refractivity contribution >= 4 is 66.8 Å². The lowest BCUT2D eigenvalue weighted by molar-refractivity contribution is 0.669. The molecule has 0 unspecified atom stereocenters. The topological polar surface area (TPSA) is 19.6 Å². The van der Waals surface area contributed by atoms with Gasteiger partial charge in [-0.1, -0.05) is 158 Å². The van der Waals surface area contributed by atoms with E-state index in [4.69, 9.17) is 4.42 Å². The number of hydrogen-bond donors (Lipinski definition) is 0. The number of furan rings is 1. The summed E-state index contributed by atoms with van der Waals surface area (Å²) in [5, 5.41) is 4.47. The van der Waals surface area contributed by atoms with E-state index < -0.39 is 0 Å². The monoisotopic (exact) mass is 704 g/mol. The molecule has 0 aliphatic carbocycles. The summed E-state index contributed by atoms with van der Waals surface area (Å²) in [7, 11) is 0. The van der Waals surface area contributed by atoms with Crippen molar-refractivity contribution in [2.45, 2.75) is 0 Å². The first kappa shape index (κ1) is 32.3. The molecule has 3 nitrogen and oxygen atoms in total. The van der Waals surface area contributed by atoms with Crippen molar-refractivity contribution in [1.82, 2.24) is 0 Å². The molecule has 0 fully saturated rings. The minimum Gasteiger partial charge on any atom is -0.456 e. The molecular formula is C52H36N2O. The summed E-state index contributed by atoms with van der Waals surface area (Å²) in [6.45, 7) is 0. The molecule has 1 heterocycles. The van der Waals surface area contributed by atoms with E-state index in [0.29, 0.717) is 0 Å². The first-order valence-corrected chi connectivity index (χ1v) is 18.7. The third-order valence-corrected chi connectivity index (χ3v) is 10.4. The summed E-state index contributed by atoms with van der Waals surface area (Å²) >= 11 is 0. The number of fused-ring (bicyclic) bond motifs is 5. The second kappa shape index (κ2) is 13.9. The fraction of sp³-hybridized carbons (Fsp3) is 0. The Hall–Kier alpha value is -7.36. The van der Waals surface area contributed by atoms with Crippen molar-refractivity contribution in [1.29, 1.82) is 0 Å². The summed E-state index contributed by atoms with van der Waals surface area (Å²) in [6, 6.07) is 77.5. The van der Waals surface area contributed by atoms with E-state index in [-0.39, 0.29) is 0 Å². The van der Waals surface area contributed by atoms with Gasteiger partial charge in [-0.05, 0) is 88.1 Å². The van der Waals surface area contributed by atoms with Gasteiger partial charge in [0.15, 0.2) is 0 Å². The maximum absolute atomic E-state index is 6.80. The van der Waals surface area contributed by atoms with E-state index in [0.717, 1.165) is 72.6 Å². The molecule has 0 amide bonds. The van der Waals surface area contributed by atoms with Crippen LogP contribution in [-0.4, -0.2) is 0 Å². The third-order valence-electron chi connectivity index (χ3n) is 10.4. The van der Waals surface area contributed by atoms with Crippen LogP contribution < -0.4 is 9.80 Å². The second-order valence-corrected chi connectivity index (χ2v) is 13.7. The Kier molecular flexibility index (Phi) is 8.16. The molecule has 0 aliphatic rings. The standard InChI is InChI=1S/C52H36N2O/c1-5-17-37(18-6-1)38-29-32-43(33-30-38)53(41-22-9-3-10-23-41)47-34-36-49-51(50-45-27-14-13-21-40(45)31-35-48(50)55-49)52(47)54(42-24-11-4-12-25-42)46-28-16-15-26-44(46)39-19-7-2-8-20-39/h1-36H.